The van der Waals surface area contributed by atoms with Gasteiger partial charge in [-0.05, 0) is 24.3 Å². The number of nitrogens with two attached hydrogens (primary N) is 1. The second kappa shape index (κ2) is 5.58. The van der Waals surface area contributed by atoms with Crippen LogP contribution in [0, 0.1) is 10.1 Å². The minimum Gasteiger partial charge on any atom is -0.399 e. The standard InChI is InChI=1S/C13H10ClN3O3/c14-9-4-8(5-10(15)6-9)13(18)16-11-2-1-3-12(7-11)17(19)20/h1-7H,15H2,(H,16,18). The molecule has 0 unspecified atom stereocenters. The molecule has 7 heteroatoms. The molecule has 0 fully saturated rings. The predicted molar refractivity (Wildman–Crippen MR) is 76.9 cm³/mol. The summed E-state index contributed by atoms with van der Waals surface area (Å²) in [7, 11) is 0. The molecule has 0 aliphatic rings. The molecule has 0 atom stereocenters. The molecule has 0 bridgehead atoms. The van der Waals surface area contributed by atoms with Crippen LogP contribution in [0.4, 0.5) is 17.1 Å². The Labute approximate surface area is 119 Å². The molecule has 0 saturated heterocycles. The fraction of sp³-hybridized carbons (Fsp3) is 0. The Bertz CT molecular complexity index is 668. The number of anilines is 2. The molecule has 2 rings (SSSR count). The number of hydrogen-bond acceptors (Lipinski definition) is 4. The molecular formula is C13H10ClN3O3. The van der Waals surface area contributed by atoms with Gasteiger partial charge in [0, 0.05) is 34.1 Å². The number of carbonyl (C=O) groups excluding carboxylic acids is 1. The van der Waals surface area contributed by atoms with Gasteiger partial charge in [0.2, 0.25) is 0 Å². The highest BCUT2D eigenvalue weighted by atomic mass is 35.5. The number of nitrogens with one attached hydrogen (secondary N) is 1. The molecule has 0 saturated carbocycles. The normalized spacial score (nSPS) is 10.1. The Balaban J connectivity index is 2.23. The molecule has 2 aromatic carbocycles. The molecule has 1 amide bonds. The van der Waals surface area contributed by atoms with Gasteiger partial charge in [-0.1, -0.05) is 17.7 Å². The third-order valence-electron chi connectivity index (χ3n) is 2.50. The molecule has 0 aromatic heterocycles. The van der Waals surface area contributed by atoms with Crippen molar-refractivity contribution in [3.8, 4) is 0 Å². The Kier molecular flexibility index (Phi) is 3.86. The molecule has 0 aliphatic heterocycles. The van der Waals surface area contributed by atoms with Gasteiger partial charge in [-0.3, -0.25) is 14.9 Å². The third-order valence-corrected chi connectivity index (χ3v) is 2.72. The van der Waals surface area contributed by atoms with E-state index in [-0.39, 0.29) is 11.3 Å². The number of non-ortho nitro benzene ring substituents is 1. The number of hydrogen-bond donors (Lipinski definition) is 2. The summed E-state index contributed by atoms with van der Waals surface area (Å²) in [6, 6.07) is 10.1. The van der Waals surface area contributed by atoms with Crippen LogP contribution in [0.2, 0.25) is 5.02 Å². The average molecular weight is 292 g/mol. The molecule has 0 radical (unpaired) electrons. The van der Waals surface area contributed by atoms with E-state index in [9.17, 15) is 14.9 Å². The third kappa shape index (κ3) is 3.24. The Morgan fingerprint density at radius 2 is 2.00 bits per heavy atom. The summed E-state index contributed by atoms with van der Waals surface area (Å²) in [6.07, 6.45) is 0. The number of nitrogen functional groups attached to an aromatic ring is 1. The van der Waals surface area contributed by atoms with E-state index in [1.54, 1.807) is 6.07 Å². The molecule has 6 nitrogen and oxygen atoms in total. The van der Waals surface area contributed by atoms with Crippen molar-refractivity contribution in [1.29, 1.82) is 0 Å². The lowest BCUT2D eigenvalue weighted by Gasteiger charge is -2.06. The van der Waals surface area contributed by atoms with E-state index in [0.717, 1.165) is 0 Å². The largest absolute Gasteiger partial charge is 0.399 e. The zero-order chi connectivity index (χ0) is 14.7. The predicted octanol–water partition coefficient (Wildman–Crippen LogP) is 3.08. The van der Waals surface area contributed by atoms with Crippen LogP contribution in [-0.2, 0) is 0 Å². The monoisotopic (exact) mass is 291 g/mol. The van der Waals surface area contributed by atoms with Crippen LogP contribution in [0.3, 0.4) is 0 Å². The minimum atomic E-state index is -0.535. The number of amides is 1. The lowest BCUT2D eigenvalue weighted by Crippen LogP contribution is -2.12. The first kappa shape index (κ1) is 13.8. The van der Waals surface area contributed by atoms with E-state index >= 15 is 0 Å². The number of rotatable bonds is 3. The second-order valence-electron chi connectivity index (χ2n) is 4.03. The zero-order valence-corrected chi connectivity index (χ0v) is 10.9. The molecule has 102 valence electrons. The van der Waals surface area contributed by atoms with Crippen LogP contribution in [0.25, 0.3) is 0 Å². The maximum absolute atomic E-state index is 12.0. The highest BCUT2D eigenvalue weighted by Gasteiger charge is 2.10. The molecule has 0 aliphatic carbocycles. The molecule has 0 spiro atoms. The van der Waals surface area contributed by atoms with Crippen molar-refractivity contribution in [3.63, 3.8) is 0 Å². The van der Waals surface area contributed by atoms with Crippen LogP contribution >= 0.6 is 11.6 Å². The number of benzene rings is 2. The summed E-state index contributed by atoms with van der Waals surface area (Å²) < 4.78 is 0. The number of nitro benzene ring substituents is 1. The minimum absolute atomic E-state index is 0.103. The second-order valence-corrected chi connectivity index (χ2v) is 4.47. The van der Waals surface area contributed by atoms with Gasteiger partial charge in [-0.15, -0.1) is 0 Å². The van der Waals surface area contributed by atoms with Gasteiger partial charge >= 0.3 is 0 Å². The highest BCUT2D eigenvalue weighted by molar-refractivity contribution is 6.31. The molecule has 0 heterocycles. The van der Waals surface area contributed by atoms with Gasteiger partial charge in [0.05, 0.1) is 4.92 Å². The molecule has 20 heavy (non-hydrogen) atoms. The lowest BCUT2D eigenvalue weighted by molar-refractivity contribution is -0.384. The van der Waals surface area contributed by atoms with Crippen molar-refractivity contribution >= 4 is 34.6 Å². The smallest absolute Gasteiger partial charge is 0.271 e. The fourth-order valence-corrected chi connectivity index (χ4v) is 1.89. The van der Waals surface area contributed by atoms with Gasteiger partial charge in [0.15, 0.2) is 0 Å². The summed E-state index contributed by atoms with van der Waals surface area (Å²) in [5.74, 6) is -0.445. The van der Waals surface area contributed by atoms with Crippen molar-refractivity contribution in [2.24, 2.45) is 0 Å². The summed E-state index contributed by atoms with van der Waals surface area (Å²) in [4.78, 5) is 22.1. The summed E-state index contributed by atoms with van der Waals surface area (Å²) in [5, 5.41) is 13.5. The number of nitrogens with zero attached hydrogens (tertiary/aromatic N) is 1. The van der Waals surface area contributed by atoms with Crippen LogP contribution in [0.15, 0.2) is 42.5 Å². The van der Waals surface area contributed by atoms with E-state index < -0.39 is 10.8 Å². The summed E-state index contributed by atoms with van der Waals surface area (Å²) in [6.45, 7) is 0. The Morgan fingerprint density at radius 1 is 1.25 bits per heavy atom. The van der Waals surface area contributed by atoms with Crippen molar-refractivity contribution in [3.05, 3.63) is 63.2 Å². The lowest BCUT2D eigenvalue weighted by atomic mass is 10.2. The van der Waals surface area contributed by atoms with Gasteiger partial charge in [-0.25, -0.2) is 0 Å². The van der Waals surface area contributed by atoms with Crippen molar-refractivity contribution < 1.29 is 9.72 Å². The van der Waals surface area contributed by atoms with Gasteiger partial charge in [0.25, 0.3) is 11.6 Å². The van der Waals surface area contributed by atoms with E-state index in [0.29, 0.717) is 16.4 Å². The van der Waals surface area contributed by atoms with Gasteiger partial charge in [0.1, 0.15) is 0 Å². The average Bonchev–Trinajstić information content (AvgIpc) is 2.37. The van der Waals surface area contributed by atoms with Crippen LogP contribution in [-0.4, -0.2) is 10.8 Å². The fourth-order valence-electron chi connectivity index (χ4n) is 1.64. The first-order valence-corrected chi connectivity index (χ1v) is 5.95. The number of nitro groups is 1. The Morgan fingerprint density at radius 3 is 2.65 bits per heavy atom. The van der Waals surface area contributed by atoms with Crippen LogP contribution in [0.5, 0.6) is 0 Å². The topological polar surface area (TPSA) is 98.3 Å². The van der Waals surface area contributed by atoms with Crippen LogP contribution < -0.4 is 11.1 Å². The maximum Gasteiger partial charge on any atom is 0.271 e. The summed E-state index contributed by atoms with van der Waals surface area (Å²) >= 11 is 5.81. The molecular weight excluding hydrogens is 282 g/mol. The zero-order valence-electron chi connectivity index (χ0n) is 10.2. The van der Waals surface area contributed by atoms with Crippen molar-refractivity contribution in [1.82, 2.24) is 0 Å². The maximum atomic E-state index is 12.0. The van der Waals surface area contributed by atoms with Crippen molar-refractivity contribution in [2.75, 3.05) is 11.1 Å². The van der Waals surface area contributed by atoms with E-state index in [1.807, 2.05) is 0 Å². The van der Waals surface area contributed by atoms with Crippen LogP contribution in [0.1, 0.15) is 10.4 Å². The molecule has 2 aromatic rings. The highest BCUT2D eigenvalue weighted by Crippen LogP contribution is 2.20. The van der Waals surface area contributed by atoms with E-state index in [4.69, 9.17) is 17.3 Å². The summed E-state index contributed by atoms with van der Waals surface area (Å²) in [5.41, 5.74) is 6.46. The van der Waals surface area contributed by atoms with E-state index in [1.165, 1.54) is 36.4 Å². The quantitative estimate of drug-likeness (QED) is 0.516. The Hall–Kier alpha value is -2.60. The van der Waals surface area contributed by atoms with Gasteiger partial charge < -0.3 is 11.1 Å². The number of carbonyl (C=O) groups is 1. The molecule has 3 N–H and O–H groups in total. The first-order chi connectivity index (χ1) is 9.45. The SMILES string of the molecule is Nc1cc(Cl)cc(C(=O)Nc2cccc([N+](=O)[O-])c2)c1. The van der Waals surface area contributed by atoms with Crippen molar-refractivity contribution in [2.45, 2.75) is 0 Å². The number of halogens is 1. The first-order valence-electron chi connectivity index (χ1n) is 5.57. The van der Waals surface area contributed by atoms with E-state index in [2.05, 4.69) is 5.32 Å². The van der Waals surface area contributed by atoms with Gasteiger partial charge in [-0.2, -0.15) is 0 Å².